The quantitative estimate of drug-likeness (QED) is 0.206. The summed E-state index contributed by atoms with van der Waals surface area (Å²) < 4.78 is 0. The maximum atomic E-state index is 2.29. The molecule has 0 rings (SSSR count). The Labute approximate surface area is 121 Å². The Morgan fingerprint density at radius 1 is 0.579 bits per heavy atom. The van der Waals surface area contributed by atoms with E-state index in [4.69, 9.17) is 0 Å². The minimum absolute atomic E-state index is 1.04. The molecule has 0 radical (unpaired) electrons. The lowest BCUT2D eigenvalue weighted by atomic mass is 10.1. The second-order valence-electron chi connectivity index (χ2n) is 4.88. The van der Waals surface area contributed by atoms with Gasteiger partial charge in [-0.2, -0.15) is 0 Å². The Morgan fingerprint density at radius 3 is 1.95 bits per heavy atom. The van der Waals surface area contributed by atoms with E-state index in [0.29, 0.717) is 0 Å². The summed E-state index contributed by atoms with van der Waals surface area (Å²) in [5.74, 6) is 0. The van der Waals surface area contributed by atoms with E-state index in [-0.39, 0.29) is 0 Å². The zero-order chi connectivity index (χ0) is 14.0. The highest BCUT2D eigenvalue weighted by Crippen LogP contribution is 2.05. The molecule has 0 aliphatic carbocycles. The van der Waals surface area contributed by atoms with E-state index in [1.165, 1.54) is 38.5 Å². The molecule has 0 nitrogen and oxygen atoms in total. The van der Waals surface area contributed by atoms with Crippen LogP contribution in [0.3, 0.4) is 0 Å². The number of hydrogen-bond donors (Lipinski definition) is 0. The molecule has 0 fully saturated rings. The molecular formula is C19H32. The third-order valence-corrected chi connectivity index (χ3v) is 2.97. The van der Waals surface area contributed by atoms with Crippen LogP contribution in [0.1, 0.15) is 71.6 Å². The maximum absolute atomic E-state index is 2.29. The minimum Gasteiger partial charge on any atom is -0.0885 e. The van der Waals surface area contributed by atoms with Crippen LogP contribution >= 0.6 is 0 Å². The highest BCUT2D eigenvalue weighted by Gasteiger charge is 1.85. The first-order valence-corrected chi connectivity index (χ1v) is 8.03. The third-order valence-electron chi connectivity index (χ3n) is 2.97. The fourth-order valence-electron chi connectivity index (χ4n) is 1.81. The summed E-state index contributed by atoms with van der Waals surface area (Å²) in [6.45, 7) is 4.43. The van der Waals surface area contributed by atoms with Gasteiger partial charge < -0.3 is 0 Å². The van der Waals surface area contributed by atoms with Crippen molar-refractivity contribution in [3.8, 4) is 0 Å². The molecule has 0 heteroatoms. The molecule has 0 heterocycles. The fourth-order valence-corrected chi connectivity index (χ4v) is 1.81. The largest absolute Gasteiger partial charge is 0.0885 e. The number of unbranched alkanes of at least 4 members (excludes halogenated alkanes) is 5. The van der Waals surface area contributed by atoms with E-state index >= 15 is 0 Å². The summed E-state index contributed by atoms with van der Waals surface area (Å²) in [4.78, 5) is 0. The smallest absolute Gasteiger partial charge is 0.0166 e. The Morgan fingerprint density at radius 2 is 1.21 bits per heavy atom. The molecule has 0 saturated carbocycles. The van der Waals surface area contributed by atoms with Gasteiger partial charge in [0.15, 0.2) is 0 Å². The van der Waals surface area contributed by atoms with Crippen LogP contribution in [-0.4, -0.2) is 0 Å². The van der Waals surface area contributed by atoms with Gasteiger partial charge in [0.2, 0.25) is 0 Å². The fraction of sp³-hybridized carbons (Fsp3) is 0.579. The van der Waals surface area contributed by atoms with Crippen LogP contribution in [-0.2, 0) is 0 Å². The predicted molar refractivity (Wildman–Crippen MR) is 89.5 cm³/mol. The molecule has 0 bridgehead atoms. The van der Waals surface area contributed by atoms with Gasteiger partial charge in [-0.25, -0.2) is 0 Å². The van der Waals surface area contributed by atoms with E-state index in [2.05, 4.69) is 62.5 Å². The van der Waals surface area contributed by atoms with Crippen molar-refractivity contribution < 1.29 is 0 Å². The zero-order valence-electron chi connectivity index (χ0n) is 13.0. The number of hydrogen-bond acceptors (Lipinski definition) is 0. The Hall–Kier alpha value is -1.04. The lowest BCUT2D eigenvalue weighted by Gasteiger charge is -1.95. The summed E-state index contributed by atoms with van der Waals surface area (Å²) in [6, 6.07) is 0. The van der Waals surface area contributed by atoms with Gasteiger partial charge in [-0.3, -0.25) is 0 Å². The number of allylic oxidation sites excluding steroid dienone is 8. The molecule has 0 aromatic rings. The van der Waals surface area contributed by atoms with Crippen LogP contribution in [0.2, 0.25) is 0 Å². The van der Waals surface area contributed by atoms with Gasteiger partial charge in [0.05, 0.1) is 0 Å². The van der Waals surface area contributed by atoms with Crippen molar-refractivity contribution in [1.29, 1.82) is 0 Å². The third kappa shape index (κ3) is 17.0. The summed E-state index contributed by atoms with van der Waals surface area (Å²) in [7, 11) is 0. The van der Waals surface area contributed by atoms with Crippen LogP contribution in [0, 0.1) is 0 Å². The van der Waals surface area contributed by atoms with E-state index < -0.39 is 0 Å². The summed E-state index contributed by atoms with van der Waals surface area (Å²) in [6.07, 6.45) is 29.1. The Balaban J connectivity index is 3.34. The lowest BCUT2D eigenvalue weighted by Crippen LogP contribution is -1.75. The van der Waals surface area contributed by atoms with Crippen molar-refractivity contribution >= 4 is 0 Å². The average molecular weight is 260 g/mol. The van der Waals surface area contributed by atoms with Gasteiger partial charge in [-0.15, -0.1) is 0 Å². The Kier molecular flexibility index (Phi) is 16.0. The van der Waals surface area contributed by atoms with E-state index in [9.17, 15) is 0 Å². The standard InChI is InChI=1S/C19H32/c1-3-5-7-9-11-13-15-17-19-18-16-14-12-10-8-6-4-2/h5,7,11,13,16-19H,3-4,6,8-10,12,14-15H2,1-2H3/b7-5-,13-11?,18-16?,19-17?. The predicted octanol–water partition coefficient (Wildman–Crippen LogP) is 6.76. The molecule has 0 aromatic carbocycles. The molecule has 0 aliphatic heterocycles. The molecule has 0 unspecified atom stereocenters. The highest BCUT2D eigenvalue weighted by atomic mass is 13.9. The second kappa shape index (κ2) is 17.0. The molecular weight excluding hydrogens is 228 g/mol. The van der Waals surface area contributed by atoms with Crippen molar-refractivity contribution in [2.45, 2.75) is 71.6 Å². The van der Waals surface area contributed by atoms with E-state index in [1.807, 2.05) is 0 Å². The van der Waals surface area contributed by atoms with E-state index in [1.54, 1.807) is 0 Å². The molecule has 0 saturated heterocycles. The molecule has 0 aromatic heterocycles. The van der Waals surface area contributed by atoms with Gasteiger partial charge in [0, 0.05) is 0 Å². The maximum Gasteiger partial charge on any atom is -0.0166 e. The summed E-state index contributed by atoms with van der Waals surface area (Å²) >= 11 is 0. The van der Waals surface area contributed by atoms with Crippen LogP contribution in [0.25, 0.3) is 0 Å². The van der Waals surface area contributed by atoms with Crippen molar-refractivity contribution in [3.05, 3.63) is 48.6 Å². The Bertz CT molecular complexity index is 266. The molecule has 19 heavy (non-hydrogen) atoms. The second-order valence-corrected chi connectivity index (χ2v) is 4.88. The summed E-state index contributed by atoms with van der Waals surface area (Å²) in [5, 5.41) is 0. The first-order chi connectivity index (χ1) is 9.41. The van der Waals surface area contributed by atoms with Crippen LogP contribution < -0.4 is 0 Å². The lowest BCUT2D eigenvalue weighted by molar-refractivity contribution is 0.637. The van der Waals surface area contributed by atoms with Crippen molar-refractivity contribution in [2.24, 2.45) is 0 Å². The molecule has 0 atom stereocenters. The van der Waals surface area contributed by atoms with Crippen molar-refractivity contribution in [2.75, 3.05) is 0 Å². The van der Waals surface area contributed by atoms with E-state index in [0.717, 1.165) is 19.3 Å². The topological polar surface area (TPSA) is 0 Å². The van der Waals surface area contributed by atoms with Crippen molar-refractivity contribution in [3.63, 3.8) is 0 Å². The number of rotatable bonds is 12. The molecule has 0 spiro atoms. The van der Waals surface area contributed by atoms with Gasteiger partial charge in [-0.1, -0.05) is 88.1 Å². The first kappa shape index (κ1) is 18.0. The molecule has 108 valence electrons. The molecule has 0 amide bonds. The average Bonchev–Trinajstić information content (AvgIpc) is 2.43. The van der Waals surface area contributed by atoms with Gasteiger partial charge >= 0.3 is 0 Å². The SMILES string of the molecule is CC/C=C\CC=CCC=CC=CCCCCCCC. The van der Waals surface area contributed by atoms with Gasteiger partial charge in [0.25, 0.3) is 0 Å². The van der Waals surface area contributed by atoms with Crippen LogP contribution in [0.5, 0.6) is 0 Å². The normalized spacial score (nSPS) is 12.7. The van der Waals surface area contributed by atoms with Crippen molar-refractivity contribution in [1.82, 2.24) is 0 Å². The molecule has 0 N–H and O–H groups in total. The molecule has 0 aliphatic rings. The van der Waals surface area contributed by atoms with Crippen LogP contribution in [0.4, 0.5) is 0 Å². The first-order valence-electron chi connectivity index (χ1n) is 8.03. The minimum atomic E-state index is 1.04. The van der Waals surface area contributed by atoms with Gasteiger partial charge in [0.1, 0.15) is 0 Å². The zero-order valence-corrected chi connectivity index (χ0v) is 13.0. The summed E-state index contributed by atoms with van der Waals surface area (Å²) in [5.41, 5.74) is 0. The monoisotopic (exact) mass is 260 g/mol. The van der Waals surface area contributed by atoms with Crippen LogP contribution in [0.15, 0.2) is 48.6 Å². The highest BCUT2D eigenvalue weighted by molar-refractivity contribution is 5.05. The van der Waals surface area contributed by atoms with Gasteiger partial charge in [-0.05, 0) is 32.1 Å².